The zero-order valence-corrected chi connectivity index (χ0v) is 12.0. The van der Waals surface area contributed by atoms with Crippen molar-refractivity contribution in [1.82, 2.24) is 0 Å². The fraction of sp³-hybridized carbons (Fsp3) is 0.412. The molecule has 2 rings (SSSR count). The smallest absolute Gasteiger partial charge is 0.120 e. The van der Waals surface area contributed by atoms with Gasteiger partial charge in [0.1, 0.15) is 12.4 Å². The van der Waals surface area contributed by atoms with E-state index in [2.05, 4.69) is 31.2 Å². The summed E-state index contributed by atoms with van der Waals surface area (Å²) in [5.41, 5.74) is 0. The predicted molar refractivity (Wildman–Crippen MR) is 81.4 cm³/mol. The van der Waals surface area contributed by atoms with Crippen LogP contribution in [0.5, 0.6) is 5.75 Å². The van der Waals surface area contributed by atoms with Crippen molar-refractivity contribution in [2.75, 3.05) is 33.0 Å². The van der Waals surface area contributed by atoms with E-state index >= 15 is 0 Å². The van der Waals surface area contributed by atoms with Gasteiger partial charge in [-0.05, 0) is 29.3 Å². The first-order valence-electron chi connectivity index (χ1n) is 7.17. The Morgan fingerprint density at radius 2 is 1.45 bits per heavy atom. The van der Waals surface area contributed by atoms with Gasteiger partial charge in [0.2, 0.25) is 0 Å². The molecular formula is C17H22O3. The first-order valence-corrected chi connectivity index (χ1v) is 7.17. The molecule has 3 heteroatoms. The maximum atomic E-state index is 5.68. The summed E-state index contributed by atoms with van der Waals surface area (Å²) in [5.74, 6) is 0.884. The monoisotopic (exact) mass is 274 g/mol. The average molecular weight is 274 g/mol. The van der Waals surface area contributed by atoms with Crippen molar-refractivity contribution < 1.29 is 14.2 Å². The Morgan fingerprint density at radius 1 is 0.750 bits per heavy atom. The van der Waals surface area contributed by atoms with Crippen molar-refractivity contribution in [3.05, 3.63) is 42.5 Å². The summed E-state index contributed by atoms with van der Waals surface area (Å²) in [6, 6.07) is 14.4. The van der Waals surface area contributed by atoms with Gasteiger partial charge in [0.25, 0.3) is 0 Å². The number of benzene rings is 2. The third kappa shape index (κ3) is 4.83. The van der Waals surface area contributed by atoms with Gasteiger partial charge in [0.05, 0.1) is 19.8 Å². The Bertz CT molecular complexity index is 510. The summed E-state index contributed by atoms with van der Waals surface area (Å²) in [6.45, 7) is 5.33. The summed E-state index contributed by atoms with van der Waals surface area (Å²) in [6.07, 6.45) is 1.05. The molecule has 0 unspecified atom stereocenters. The summed E-state index contributed by atoms with van der Waals surface area (Å²) >= 11 is 0. The fourth-order valence-electron chi connectivity index (χ4n) is 1.94. The Morgan fingerprint density at radius 3 is 2.25 bits per heavy atom. The van der Waals surface area contributed by atoms with Crippen LogP contribution in [0.4, 0.5) is 0 Å². The summed E-state index contributed by atoms with van der Waals surface area (Å²) in [7, 11) is 0. The molecule has 3 nitrogen and oxygen atoms in total. The molecule has 0 fully saturated rings. The van der Waals surface area contributed by atoms with E-state index in [-0.39, 0.29) is 0 Å². The fourth-order valence-corrected chi connectivity index (χ4v) is 1.94. The minimum atomic E-state index is 0.562. The van der Waals surface area contributed by atoms with Crippen molar-refractivity contribution in [3.63, 3.8) is 0 Å². The van der Waals surface area contributed by atoms with Crippen LogP contribution in [0.3, 0.4) is 0 Å². The van der Waals surface area contributed by atoms with Gasteiger partial charge in [-0.3, -0.25) is 0 Å². The van der Waals surface area contributed by atoms with Crippen LogP contribution in [0.2, 0.25) is 0 Å². The Kier molecular flexibility index (Phi) is 6.35. The lowest BCUT2D eigenvalue weighted by atomic mass is 10.1. The van der Waals surface area contributed by atoms with E-state index in [1.54, 1.807) is 0 Å². The molecule has 0 amide bonds. The molecule has 0 radical (unpaired) electrons. The maximum Gasteiger partial charge on any atom is 0.120 e. The van der Waals surface area contributed by atoms with E-state index in [4.69, 9.17) is 14.2 Å². The standard InChI is InChI=1S/C17H22O3/c1-2-9-18-10-11-19-12-13-20-17-8-7-15-5-3-4-6-16(15)14-17/h3-8,14H,2,9-13H2,1H3. The highest BCUT2D eigenvalue weighted by atomic mass is 16.5. The Labute approximate surface area is 120 Å². The summed E-state index contributed by atoms with van der Waals surface area (Å²) in [5, 5.41) is 2.42. The molecular weight excluding hydrogens is 252 g/mol. The van der Waals surface area contributed by atoms with Gasteiger partial charge >= 0.3 is 0 Å². The average Bonchev–Trinajstić information content (AvgIpc) is 2.50. The largest absolute Gasteiger partial charge is 0.491 e. The van der Waals surface area contributed by atoms with E-state index in [0.29, 0.717) is 26.4 Å². The number of ether oxygens (including phenoxy) is 3. The molecule has 0 bridgehead atoms. The highest BCUT2D eigenvalue weighted by molar-refractivity contribution is 5.83. The van der Waals surface area contributed by atoms with Gasteiger partial charge in [-0.2, -0.15) is 0 Å². The van der Waals surface area contributed by atoms with Crippen LogP contribution in [0.1, 0.15) is 13.3 Å². The van der Waals surface area contributed by atoms with E-state index in [1.165, 1.54) is 10.8 Å². The minimum Gasteiger partial charge on any atom is -0.491 e. The van der Waals surface area contributed by atoms with Gasteiger partial charge in [0, 0.05) is 6.61 Å². The summed E-state index contributed by atoms with van der Waals surface area (Å²) < 4.78 is 16.4. The van der Waals surface area contributed by atoms with Crippen molar-refractivity contribution >= 4 is 10.8 Å². The molecule has 108 valence electrons. The normalized spacial score (nSPS) is 10.8. The zero-order valence-electron chi connectivity index (χ0n) is 12.0. The Balaban J connectivity index is 1.65. The van der Waals surface area contributed by atoms with Crippen LogP contribution in [0, 0.1) is 0 Å². The van der Waals surface area contributed by atoms with Crippen LogP contribution in [0.25, 0.3) is 10.8 Å². The van der Waals surface area contributed by atoms with E-state index in [0.717, 1.165) is 18.8 Å². The molecule has 0 aromatic heterocycles. The molecule has 0 spiro atoms. The molecule has 0 aliphatic heterocycles. The molecule has 0 aliphatic rings. The van der Waals surface area contributed by atoms with Crippen molar-refractivity contribution in [3.8, 4) is 5.75 Å². The molecule has 0 saturated heterocycles. The predicted octanol–water partition coefficient (Wildman–Crippen LogP) is 3.66. The van der Waals surface area contributed by atoms with Crippen LogP contribution < -0.4 is 4.74 Å². The van der Waals surface area contributed by atoms with E-state index < -0.39 is 0 Å². The number of hydrogen-bond donors (Lipinski definition) is 0. The van der Waals surface area contributed by atoms with Crippen LogP contribution >= 0.6 is 0 Å². The maximum absolute atomic E-state index is 5.68. The lowest BCUT2D eigenvalue weighted by Gasteiger charge is -2.08. The number of fused-ring (bicyclic) bond motifs is 1. The molecule has 0 atom stereocenters. The number of hydrogen-bond acceptors (Lipinski definition) is 3. The van der Waals surface area contributed by atoms with Gasteiger partial charge in [0.15, 0.2) is 0 Å². The first kappa shape index (κ1) is 14.8. The third-order valence-corrected chi connectivity index (χ3v) is 2.94. The van der Waals surface area contributed by atoms with E-state index in [9.17, 15) is 0 Å². The molecule has 0 aliphatic carbocycles. The number of rotatable bonds is 9. The van der Waals surface area contributed by atoms with Crippen LogP contribution in [-0.2, 0) is 9.47 Å². The SMILES string of the molecule is CCCOCCOCCOc1ccc2ccccc2c1. The molecule has 0 heterocycles. The third-order valence-electron chi connectivity index (χ3n) is 2.94. The van der Waals surface area contributed by atoms with Crippen molar-refractivity contribution in [2.24, 2.45) is 0 Å². The van der Waals surface area contributed by atoms with Gasteiger partial charge in [-0.1, -0.05) is 37.3 Å². The van der Waals surface area contributed by atoms with Crippen LogP contribution in [-0.4, -0.2) is 33.0 Å². The van der Waals surface area contributed by atoms with Crippen molar-refractivity contribution in [2.45, 2.75) is 13.3 Å². The van der Waals surface area contributed by atoms with Gasteiger partial charge in [-0.25, -0.2) is 0 Å². The Hall–Kier alpha value is -1.58. The quantitative estimate of drug-likeness (QED) is 0.653. The second kappa shape index (κ2) is 8.56. The minimum absolute atomic E-state index is 0.562. The molecule has 2 aromatic carbocycles. The summed E-state index contributed by atoms with van der Waals surface area (Å²) in [4.78, 5) is 0. The highest BCUT2D eigenvalue weighted by Gasteiger charge is 1.97. The highest BCUT2D eigenvalue weighted by Crippen LogP contribution is 2.20. The second-order valence-corrected chi connectivity index (χ2v) is 4.58. The molecule has 20 heavy (non-hydrogen) atoms. The molecule has 2 aromatic rings. The lowest BCUT2D eigenvalue weighted by Crippen LogP contribution is -2.11. The van der Waals surface area contributed by atoms with Gasteiger partial charge in [-0.15, -0.1) is 0 Å². The lowest BCUT2D eigenvalue weighted by molar-refractivity contribution is 0.0366. The zero-order chi connectivity index (χ0) is 14.0. The van der Waals surface area contributed by atoms with Crippen LogP contribution in [0.15, 0.2) is 42.5 Å². The van der Waals surface area contributed by atoms with E-state index in [1.807, 2.05) is 18.2 Å². The second-order valence-electron chi connectivity index (χ2n) is 4.58. The van der Waals surface area contributed by atoms with Crippen molar-refractivity contribution in [1.29, 1.82) is 0 Å². The molecule has 0 saturated carbocycles. The van der Waals surface area contributed by atoms with Gasteiger partial charge < -0.3 is 14.2 Å². The first-order chi connectivity index (χ1) is 9.90. The molecule has 0 N–H and O–H groups in total. The topological polar surface area (TPSA) is 27.7 Å².